The number of nitrogens with two attached hydrogens (primary N) is 1. The fraction of sp³-hybridized carbons (Fsp3) is 0.280. The van der Waals surface area contributed by atoms with Gasteiger partial charge in [0.1, 0.15) is 11.3 Å². The predicted octanol–water partition coefficient (Wildman–Crippen LogP) is 4.64. The summed E-state index contributed by atoms with van der Waals surface area (Å²) in [5, 5.41) is 11.6. The zero-order chi connectivity index (χ0) is 21.1. The van der Waals surface area contributed by atoms with Crippen molar-refractivity contribution < 1.29 is 9.84 Å². The number of rotatable bonds is 7. The molecule has 0 aliphatic rings. The molecule has 2 aromatic heterocycles. The Morgan fingerprint density at radius 2 is 1.87 bits per heavy atom. The predicted molar refractivity (Wildman–Crippen MR) is 122 cm³/mol. The summed E-state index contributed by atoms with van der Waals surface area (Å²) < 4.78 is 5.27. The van der Waals surface area contributed by atoms with Gasteiger partial charge in [-0.2, -0.15) is 0 Å². The van der Waals surface area contributed by atoms with Crippen LogP contribution in [0.25, 0.3) is 21.8 Å². The average molecular weight is 402 g/mol. The SMILES string of the molecule is COc1ccc(CC(C)c2cnc3c(N)nc4ccccc4c3c2CCCO)cc1. The first-order chi connectivity index (χ1) is 14.6. The molecule has 2 aromatic carbocycles. The van der Waals surface area contributed by atoms with Gasteiger partial charge in [-0.25, -0.2) is 4.98 Å². The van der Waals surface area contributed by atoms with Crippen LogP contribution in [-0.2, 0) is 12.8 Å². The van der Waals surface area contributed by atoms with Gasteiger partial charge in [-0.1, -0.05) is 37.3 Å². The molecule has 5 heteroatoms. The maximum absolute atomic E-state index is 9.52. The third-order valence-corrected chi connectivity index (χ3v) is 5.69. The molecule has 0 spiro atoms. The lowest BCUT2D eigenvalue weighted by Crippen LogP contribution is -2.07. The second-order valence-corrected chi connectivity index (χ2v) is 7.71. The molecule has 4 aromatic rings. The van der Waals surface area contributed by atoms with Crippen LogP contribution in [0.1, 0.15) is 36.0 Å². The van der Waals surface area contributed by atoms with Crippen molar-refractivity contribution >= 4 is 27.6 Å². The van der Waals surface area contributed by atoms with E-state index in [1.807, 2.05) is 36.5 Å². The van der Waals surface area contributed by atoms with E-state index in [4.69, 9.17) is 15.5 Å². The highest BCUT2D eigenvalue weighted by atomic mass is 16.5. The minimum Gasteiger partial charge on any atom is -0.497 e. The number of pyridine rings is 2. The van der Waals surface area contributed by atoms with Crippen molar-refractivity contribution in [1.29, 1.82) is 0 Å². The van der Waals surface area contributed by atoms with Crippen molar-refractivity contribution in [3.05, 3.63) is 71.4 Å². The number of hydrogen-bond donors (Lipinski definition) is 2. The summed E-state index contributed by atoms with van der Waals surface area (Å²) in [4.78, 5) is 9.26. The van der Waals surface area contributed by atoms with E-state index in [-0.39, 0.29) is 12.5 Å². The maximum atomic E-state index is 9.52. The van der Waals surface area contributed by atoms with Gasteiger partial charge in [0, 0.05) is 23.6 Å². The van der Waals surface area contributed by atoms with Crippen LogP contribution in [0.3, 0.4) is 0 Å². The van der Waals surface area contributed by atoms with E-state index in [9.17, 15) is 5.11 Å². The maximum Gasteiger partial charge on any atom is 0.150 e. The van der Waals surface area contributed by atoms with Crippen molar-refractivity contribution in [2.45, 2.75) is 32.1 Å². The van der Waals surface area contributed by atoms with Gasteiger partial charge in [-0.15, -0.1) is 0 Å². The zero-order valence-corrected chi connectivity index (χ0v) is 17.4. The molecular formula is C25H27N3O2. The minimum absolute atomic E-state index is 0.147. The number of aliphatic hydroxyl groups is 1. The molecule has 154 valence electrons. The molecule has 1 atom stereocenters. The van der Waals surface area contributed by atoms with Crippen LogP contribution < -0.4 is 10.5 Å². The second-order valence-electron chi connectivity index (χ2n) is 7.71. The first-order valence-corrected chi connectivity index (χ1v) is 10.3. The van der Waals surface area contributed by atoms with E-state index in [0.717, 1.165) is 40.4 Å². The van der Waals surface area contributed by atoms with Crippen LogP contribution in [0.15, 0.2) is 54.7 Å². The highest BCUT2D eigenvalue weighted by Crippen LogP contribution is 2.35. The number of aromatic nitrogens is 2. The number of para-hydroxylation sites is 1. The Labute approximate surface area is 176 Å². The number of ether oxygens (including phenoxy) is 1. The van der Waals surface area contributed by atoms with Crippen LogP contribution in [0, 0.1) is 0 Å². The van der Waals surface area contributed by atoms with Crippen LogP contribution in [-0.4, -0.2) is 28.8 Å². The lowest BCUT2D eigenvalue weighted by atomic mass is 9.87. The van der Waals surface area contributed by atoms with Crippen LogP contribution in [0.4, 0.5) is 5.82 Å². The molecule has 0 bridgehead atoms. The molecule has 0 aliphatic carbocycles. The number of fused-ring (bicyclic) bond motifs is 3. The number of anilines is 1. The smallest absolute Gasteiger partial charge is 0.150 e. The molecule has 0 saturated carbocycles. The van der Waals surface area contributed by atoms with Gasteiger partial charge in [-0.05, 0) is 60.1 Å². The Hall–Kier alpha value is -3.18. The van der Waals surface area contributed by atoms with Crippen molar-refractivity contribution in [3.63, 3.8) is 0 Å². The Morgan fingerprint density at radius 3 is 2.60 bits per heavy atom. The number of nitrogens with zero attached hydrogens (tertiary/aromatic N) is 2. The van der Waals surface area contributed by atoms with Crippen molar-refractivity contribution in [2.75, 3.05) is 19.5 Å². The normalized spacial score (nSPS) is 12.4. The number of aryl methyl sites for hydroxylation is 1. The summed E-state index contributed by atoms with van der Waals surface area (Å²) in [5.74, 6) is 1.57. The quantitative estimate of drug-likeness (QED) is 0.441. The Balaban J connectivity index is 1.84. The minimum atomic E-state index is 0.147. The second kappa shape index (κ2) is 8.67. The number of benzene rings is 2. The van der Waals surface area contributed by atoms with Crippen molar-refractivity contribution in [1.82, 2.24) is 9.97 Å². The highest BCUT2D eigenvalue weighted by molar-refractivity contribution is 6.10. The number of hydrogen-bond acceptors (Lipinski definition) is 5. The highest BCUT2D eigenvalue weighted by Gasteiger charge is 2.19. The fourth-order valence-electron chi connectivity index (χ4n) is 4.19. The summed E-state index contributed by atoms with van der Waals surface area (Å²) >= 11 is 0. The van der Waals surface area contributed by atoms with Crippen LogP contribution in [0.5, 0.6) is 5.75 Å². The summed E-state index contributed by atoms with van der Waals surface area (Å²) in [5.41, 5.74) is 11.5. The fourth-order valence-corrected chi connectivity index (χ4v) is 4.19. The summed E-state index contributed by atoms with van der Waals surface area (Å²) in [6.07, 6.45) is 4.29. The lowest BCUT2D eigenvalue weighted by molar-refractivity contribution is 0.288. The van der Waals surface area contributed by atoms with E-state index in [1.54, 1.807) is 7.11 Å². The summed E-state index contributed by atoms with van der Waals surface area (Å²) in [7, 11) is 1.68. The molecule has 0 radical (unpaired) electrons. The first kappa shape index (κ1) is 20.1. The van der Waals surface area contributed by atoms with Gasteiger partial charge in [0.05, 0.1) is 12.6 Å². The molecule has 2 heterocycles. The van der Waals surface area contributed by atoms with Crippen molar-refractivity contribution in [3.8, 4) is 5.75 Å². The van der Waals surface area contributed by atoms with Crippen molar-refractivity contribution in [2.24, 2.45) is 0 Å². The summed E-state index contributed by atoms with van der Waals surface area (Å²) in [6, 6.07) is 16.2. The number of aliphatic hydroxyl groups excluding tert-OH is 1. The standard InChI is InChI=1S/C25H27N3O2/c1-16(14-17-9-11-18(30-2)12-10-17)21-15-27-24-23(19(21)7-5-13-29)20-6-3-4-8-22(20)28-25(24)26/h3-4,6,8-12,15-16,29H,5,7,13-14H2,1-2H3,(H2,26,28). The molecule has 4 rings (SSSR count). The van der Waals surface area contributed by atoms with E-state index < -0.39 is 0 Å². The van der Waals surface area contributed by atoms with E-state index >= 15 is 0 Å². The monoisotopic (exact) mass is 401 g/mol. The molecule has 0 amide bonds. The third-order valence-electron chi connectivity index (χ3n) is 5.69. The van der Waals surface area contributed by atoms with Crippen LogP contribution in [0.2, 0.25) is 0 Å². The average Bonchev–Trinajstić information content (AvgIpc) is 2.77. The van der Waals surface area contributed by atoms with Crippen LogP contribution >= 0.6 is 0 Å². The molecule has 0 saturated heterocycles. The zero-order valence-electron chi connectivity index (χ0n) is 17.4. The Bertz CT molecular complexity index is 1170. The van der Waals surface area contributed by atoms with E-state index in [0.29, 0.717) is 12.2 Å². The molecule has 5 nitrogen and oxygen atoms in total. The topological polar surface area (TPSA) is 81.3 Å². The molecule has 30 heavy (non-hydrogen) atoms. The van der Waals surface area contributed by atoms with Gasteiger partial charge in [0.25, 0.3) is 0 Å². The van der Waals surface area contributed by atoms with Gasteiger partial charge < -0.3 is 15.6 Å². The third kappa shape index (κ3) is 3.81. The van der Waals surface area contributed by atoms with Gasteiger partial charge in [0.15, 0.2) is 5.82 Å². The first-order valence-electron chi connectivity index (χ1n) is 10.3. The lowest BCUT2D eigenvalue weighted by Gasteiger charge is -2.20. The molecule has 1 unspecified atom stereocenters. The summed E-state index contributed by atoms with van der Waals surface area (Å²) in [6.45, 7) is 2.37. The Morgan fingerprint density at radius 1 is 1.10 bits per heavy atom. The Kier molecular flexibility index (Phi) is 5.81. The van der Waals surface area contributed by atoms with Gasteiger partial charge in [0.2, 0.25) is 0 Å². The number of methoxy groups -OCH3 is 1. The molecule has 0 fully saturated rings. The van der Waals surface area contributed by atoms with Gasteiger partial charge >= 0.3 is 0 Å². The number of nitrogen functional groups attached to an aromatic ring is 1. The molecule has 3 N–H and O–H groups in total. The van der Waals surface area contributed by atoms with Gasteiger partial charge in [-0.3, -0.25) is 4.98 Å². The van der Waals surface area contributed by atoms with E-state index in [1.165, 1.54) is 16.7 Å². The molecular weight excluding hydrogens is 374 g/mol. The van der Waals surface area contributed by atoms with E-state index in [2.05, 4.69) is 30.1 Å². The molecule has 0 aliphatic heterocycles. The largest absolute Gasteiger partial charge is 0.497 e.